The summed E-state index contributed by atoms with van der Waals surface area (Å²) in [5, 5.41) is 9.20. The van der Waals surface area contributed by atoms with Gasteiger partial charge >= 0.3 is 5.97 Å². The van der Waals surface area contributed by atoms with Crippen molar-refractivity contribution in [2.24, 2.45) is 0 Å². The van der Waals surface area contributed by atoms with Crippen molar-refractivity contribution in [3.05, 3.63) is 30.1 Å². The van der Waals surface area contributed by atoms with Crippen molar-refractivity contribution < 1.29 is 9.90 Å². The van der Waals surface area contributed by atoms with Crippen LogP contribution in [0.1, 0.15) is 38.2 Å². The van der Waals surface area contributed by atoms with Crippen LogP contribution in [0.4, 0.5) is 0 Å². The number of pyridine rings is 1. The number of likely N-dealkylation sites (tertiary alicyclic amines) is 1. The molecule has 0 saturated carbocycles. The average Bonchev–Trinajstić information content (AvgIpc) is 2.40. The molecule has 4 heteroatoms. The second-order valence-corrected chi connectivity index (χ2v) is 5.13. The van der Waals surface area contributed by atoms with Gasteiger partial charge < -0.3 is 5.11 Å². The van der Waals surface area contributed by atoms with E-state index in [1.165, 1.54) is 6.42 Å². The highest BCUT2D eigenvalue weighted by Crippen LogP contribution is 2.33. The fraction of sp³-hybridized carbons (Fsp3) is 0.571. The van der Waals surface area contributed by atoms with E-state index in [1.807, 2.05) is 19.1 Å². The molecule has 18 heavy (non-hydrogen) atoms. The Bertz CT molecular complexity index is 402. The first-order chi connectivity index (χ1) is 8.63. The van der Waals surface area contributed by atoms with Gasteiger partial charge in [0.05, 0.1) is 12.0 Å². The molecule has 0 bridgehead atoms. The highest BCUT2D eigenvalue weighted by molar-refractivity contribution is 5.68. The van der Waals surface area contributed by atoms with E-state index in [0.717, 1.165) is 31.5 Å². The summed E-state index contributed by atoms with van der Waals surface area (Å²) in [6, 6.07) is 3.86. The molecule has 0 spiro atoms. The first-order valence-electron chi connectivity index (χ1n) is 6.50. The molecular formula is C14H20N2O2. The van der Waals surface area contributed by atoms with E-state index in [2.05, 4.69) is 9.88 Å². The summed E-state index contributed by atoms with van der Waals surface area (Å²) in [7, 11) is 0. The molecule has 1 aliphatic heterocycles. The monoisotopic (exact) mass is 248 g/mol. The Balaban J connectivity index is 2.30. The lowest BCUT2D eigenvalue weighted by Gasteiger charge is -2.43. The van der Waals surface area contributed by atoms with Crippen molar-refractivity contribution in [1.82, 2.24) is 9.88 Å². The Morgan fingerprint density at radius 2 is 1.94 bits per heavy atom. The number of aromatic nitrogens is 1. The second kappa shape index (κ2) is 5.48. The molecular weight excluding hydrogens is 228 g/mol. The average molecular weight is 248 g/mol. The number of hydrogen-bond acceptors (Lipinski definition) is 3. The zero-order chi connectivity index (χ0) is 13.0. The van der Waals surface area contributed by atoms with Gasteiger partial charge in [0.1, 0.15) is 0 Å². The zero-order valence-electron chi connectivity index (χ0n) is 10.8. The first-order valence-corrected chi connectivity index (χ1v) is 6.50. The van der Waals surface area contributed by atoms with E-state index in [0.29, 0.717) is 0 Å². The summed E-state index contributed by atoms with van der Waals surface area (Å²) in [6.45, 7) is 3.99. The van der Waals surface area contributed by atoms with Crippen LogP contribution in [-0.2, 0) is 10.3 Å². The number of carbonyl (C=O) groups is 1. The molecule has 1 fully saturated rings. The molecule has 1 aromatic rings. The number of hydrogen-bond donors (Lipinski definition) is 1. The smallest absolute Gasteiger partial charge is 0.305 e. The van der Waals surface area contributed by atoms with Gasteiger partial charge in [0.25, 0.3) is 0 Å². The Kier molecular flexibility index (Phi) is 3.97. The largest absolute Gasteiger partial charge is 0.481 e. The van der Waals surface area contributed by atoms with Gasteiger partial charge in [-0.05, 0) is 50.6 Å². The summed E-state index contributed by atoms with van der Waals surface area (Å²) in [5.74, 6) is -0.750. The molecule has 1 saturated heterocycles. The topological polar surface area (TPSA) is 53.4 Å². The molecule has 1 aliphatic rings. The number of carboxylic acids is 1. The molecule has 2 heterocycles. The molecule has 2 rings (SSSR count). The third-order valence-electron chi connectivity index (χ3n) is 3.85. The maximum atomic E-state index is 11.2. The van der Waals surface area contributed by atoms with Gasteiger partial charge in [-0.1, -0.05) is 6.42 Å². The summed E-state index contributed by atoms with van der Waals surface area (Å²) in [4.78, 5) is 17.5. The van der Waals surface area contributed by atoms with E-state index in [1.54, 1.807) is 12.4 Å². The standard InChI is InChI=1S/C14H20N2O2/c1-14(11-13(17)18,12-5-7-15-8-6-12)16-9-3-2-4-10-16/h5-8H,2-4,9-11H2,1H3,(H,17,18). The highest BCUT2D eigenvalue weighted by atomic mass is 16.4. The van der Waals surface area contributed by atoms with Crippen molar-refractivity contribution in [3.63, 3.8) is 0 Å². The van der Waals surface area contributed by atoms with Crippen LogP contribution in [0.2, 0.25) is 0 Å². The lowest BCUT2D eigenvalue weighted by Crippen LogP contribution is -2.47. The van der Waals surface area contributed by atoms with Gasteiger partial charge in [0, 0.05) is 12.4 Å². The zero-order valence-corrected chi connectivity index (χ0v) is 10.8. The van der Waals surface area contributed by atoms with Crippen LogP contribution in [0.3, 0.4) is 0 Å². The minimum Gasteiger partial charge on any atom is -0.481 e. The fourth-order valence-corrected chi connectivity index (χ4v) is 2.79. The molecule has 1 aromatic heterocycles. The van der Waals surface area contributed by atoms with Gasteiger partial charge in [-0.25, -0.2) is 0 Å². The Morgan fingerprint density at radius 1 is 1.33 bits per heavy atom. The number of aliphatic carboxylic acids is 1. The van der Waals surface area contributed by atoms with Gasteiger partial charge in [-0.15, -0.1) is 0 Å². The Hall–Kier alpha value is -1.42. The van der Waals surface area contributed by atoms with Gasteiger partial charge in [-0.2, -0.15) is 0 Å². The van der Waals surface area contributed by atoms with Crippen LogP contribution >= 0.6 is 0 Å². The van der Waals surface area contributed by atoms with E-state index >= 15 is 0 Å². The maximum Gasteiger partial charge on any atom is 0.305 e. The molecule has 98 valence electrons. The molecule has 1 atom stereocenters. The van der Waals surface area contributed by atoms with Crippen LogP contribution in [0.5, 0.6) is 0 Å². The summed E-state index contributed by atoms with van der Waals surface area (Å²) >= 11 is 0. The van der Waals surface area contributed by atoms with Gasteiger partial charge in [0.2, 0.25) is 0 Å². The molecule has 4 nitrogen and oxygen atoms in total. The van der Waals surface area contributed by atoms with Gasteiger partial charge in [0.15, 0.2) is 0 Å². The maximum absolute atomic E-state index is 11.2. The first kappa shape index (κ1) is 13.0. The molecule has 1 N–H and O–H groups in total. The quantitative estimate of drug-likeness (QED) is 0.888. The fourth-order valence-electron chi connectivity index (χ4n) is 2.79. The van der Waals surface area contributed by atoms with E-state index in [4.69, 9.17) is 0 Å². The normalized spacial score (nSPS) is 20.3. The molecule has 0 aliphatic carbocycles. The van der Waals surface area contributed by atoms with Crippen LogP contribution in [0, 0.1) is 0 Å². The van der Waals surface area contributed by atoms with Crippen molar-refractivity contribution in [2.45, 2.75) is 38.1 Å². The predicted molar refractivity (Wildman–Crippen MR) is 69.3 cm³/mol. The predicted octanol–water partition coefficient (Wildman–Crippen LogP) is 2.26. The highest BCUT2D eigenvalue weighted by Gasteiger charge is 2.36. The van der Waals surface area contributed by atoms with Crippen LogP contribution in [-0.4, -0.2) is 34.0 Å². The number of rotatable bonds is 4. The van der Waals surface area contributed by atoms with Crippen molar-refractivity contribution in [3.8, 4) is 0 Å². The van der Waals surface area contributed by atoms with Crippen LogP contribution < -0.4 is 0 Å². The van der Waals surface area contributed by atoms with Crippen LogP contribution in [0.15, 0.2) is 24.5 Å². The SMILES string of the molecule is CC(CC(=O)O)(c1ccncc1)N1CCCCC1. The molecule has 1 unspecified atom stereocenters. The third kappa shape index (κ3) is 2.70. The lowest BCUT2D eigenvalue weighted by molar-refractivity contribution is -0.140. The summed E-state index contributed by atoms with van der Waals surface area (Å²) in [6.07, 6.45) is 7.16. The number of carboxylic acid groups (broad SMARTS) is 1. The summed E-state index contributed by atoms with van der Waals surface area (Å²) < 4.78 is 0. The number of piperidine rings is 1. The number of nitrogens with zero attached hydrogens (tertiary/aromatic N) is 2. The Labute approximate surface area is 108 Å². The second-order valence-electron chi connectivity index (χ2n) is 5.13. The van der Waals surface area contributed by atoms with Crippen molar-refractivity contribution in [2.75, 3.05) is 13.1 Å². The third-order valence-corrected chi connectivity index (χ3v) is 3.85. The van der Waals surface area contributed by atoms with Crippen LogP contribution in [0.25, 0.3) is 0 Å². The van der Waals surface area contributed by atoms with E-state index in [9.17, 15) is 9.90 Å². The van der Waals surface area contributed by atoms with Crippen molar-refractivity contribution in [1.29, 1.82) is 0 Å². The van der Waals surface area contributed by atoms with Gasteiger partial charge in [-0.3, -0.25) is 14.7 Å². The molecule has 0 aromatic carbocycles. The Morgan fingerprint density at radius 3 is 2.50 bits per heavy atom. The molecule has 0 radical (unpaired) electrons. The van der Waals surface area contributed by atoms with E-state index in [-0.39, 0.29) is 6.42 Å². The minimum absolute atomic E-state index is 0.136. The lowest BCUT2D eigenvalue weighted by atomic mass is 9.85. The van der Waals surface area contributed by atoms with Crippen molar-refractivity contribution >= 4 is 5.97 Å². The molecule has 0 amide bonds. The summed E-state index contributed by atoms with van der Waals surface area (Å²) in [5.41, 5.74) is 0.622. The van der Waals surface area contributed by atoms with E-state index < -0.39 is 11.5 Å². The minimum atomic E-state index is -0.750.